The minimum absolute atomic E-state index is 0.0854. The Kier molecular flexibility index (Phi) is 8.25. The van der Waals surface area contributed by atoms with Gasteiger partial charge in [-0.05, 0) is 42.0 Å². The lowest BCUT2D eigenvalue weighted by Crippen LogP contribution is -2.25. The number of ether oxygens (including phenoxy) is 3. The molecular formula is C27H22F3N3O6. The van der Waals surface area contributed by atoms with Crippen molar-refractivity contribution in [3.05, 3.63) is 94.5 Å². The number of carbonyl (C=O) groups excluding carboxylic acids is 2. The second-order valence-corrected chi connectivity index (χ2v) is 8.27. The van der Waals surface area contributed by atoms with E-state index < -0.39 is 35.8 Å². The van der Waals surface area contributed by atoms with Gasteiger partial charge in [-0.2, -0.15) is 13.2 Å². The number of amides is 1. The van der Waals surface area contributed by atoms with Gasteiger partial charge in [0.2, 0.25) is 5.91 Å². The summed E-state index contributed by atoms with van der Waals surface area (Å²) in [4.78, 5) is 41.4. The fourth-order valence-electron chi connectivity index (χ4n) is 3.54. The molecule has 0 saturated carbocycles. The number of nitrogens with one attached hydrogen (secondary N) is 1. The number of esters is 1. The van der Waals surface area contributed by atoms with E-state index in [4.69, 9.17) is 9.47 Å². The second kappa shape index (κ2) is 11.8. The fraction of sp³-hybridized carbons (Fsp3) is 0.185. The molecule has 202 valence electrons. The first-order chi connectivity index (χ1) is 18.6. The van der Waals surface area contributed by atoms with Gasteiger partial charge in [0.05, 0.1) is 42.2 Å². The molecule has 4 rings (SSSR count). The van der Waals surface area contributed by atoms with Crippen molar-refractivity contribution in [2.75, 3.05) is 19.0 Å². The van der Waals surface area contributed by atoms with Gasteiger partial charge in [0.15, 0.2) is 5.75 Å². The fourth-order valence-corrected chi connectivity index (χ4v) is 3.54. The van der Waals surface area contributed by atoms with Crippen LogP contribution in [0.2, 0.25) is 0 Å². The van der Waals surface area contributed by atoms with Crippen LogP contribution in [0.4, 0.5) is 18.9 Å². The van der Waals surface area contributed by atoms with E-state index in [-0.39, 0.29) is 35.5 Å². The van der Waals surface area contributed by atoms with Crippen LogP contribution in [0.15, 0.2) is 77.9 Å². The van der Waals surface area contributed by atoms with E-state index in [1.165, 1.54) is 37.7 Å². The van der Waals surface area contributed by atoms with E-state index in [0.29, 0.717) is 11.3 Å². The maximum atomic E-state index is 13.0. The summed E-state index contributed by atoms with van der Waals surface area (Å²) < 4.78 is 55.1. The van der Waals surface area contributed by atoms with E-state index in [9.17, 15) is 27.6 Å². The molecule has 1 heterocycles. The summed E-state index contributed by atoms with van der Waals surface area (Å²) in [5.74, 6) is -0.624. The highest BCUT2D eigenvalue weighted by Gasteiger charge is 2.29. The third kappa shape index (κ3) is 6.99. The average molecular weight is 541 g/mol. The molecule has 4 aromatic rings. The van der Waals surface area contributed by atoms with Crippen LogP contribution in [0.3, 0.4) is 0 Å². The Hall–Kier alpha value is -4.71. The van der Waals surface area contributed by atoms with Crippen LogP contribution < -0.4 is 15.6 Å². The first kappa shape index (κ1) is 27.3. The smallest absolute Gasteiger partial charge is 0.416 e. The molecule has 39 heavy (non-hydrogen) atoms. The molecule has 0 aliphatic carbocycles. The molecule has 0 atom stereocenters. The quantitative estimate of drug-likeness (QED) is 0.310. The Morgan fingerprint density at radius 3 is 2.41 bits per heavy atom. The molecule has 0 spiro atoms. The molecule has 1 N–H and O–H groups in total. The lowest BCUT2D eigenvalue weighted by atomic mass is 10.1. The number of benzene rings is 3. The van der Waals surface area contributed by atoms with Gasteiger partial charge in [0, 0.05) is 0 Å². The van der Waals surface area contributed by atoms with Gasteiger partial charge in [-0.15, -0.1) is 0 Å². The zero-order valence-electron chi connectivity index (χ0n) is 20.5. The highest BCUT2D eigenvalue weighted by Crippen LogP contribution is 2.33. The van der Waals surface area contributed by atoms with Crippen molar-refractivity contribution >= 4 is 28.5 Å². The van der Waals surface area contributed by atoms with Crippen molar-refractivity contribution in [2.24, 2.45) is 0 Å². The van der Waals surface area contributed by atoms with Crippen LogP contribution >= 0.6 is 0 Å². The number of alkyl halides is 3. The summed E-state index contributed by atoms with van der Waals surface area (Å²) in [6.07, 6.45) is -3.25. The zero-order chi connectivity index (χ0) is 28.0. The van der Waals surface area contributed by atoms with Gasteiger partial charge in [0.25, 0.3) is 5.56 Å². The Morgan fingerprint density at radius 1 is 1.03 bits per heavy atom. The Bertz CT molecular complexity index is 1540. The number of nitrogens with zero attached hydrogens (tertiary/aromatic N) is 2. The molecule has 3 aromatic carbocycles. The van der Waals surface area contributed by atoms with Crippen LogP contribution in [0, 0.1) is 0 Å². The van der Waals surface area contributed by atoms with E-state index in [0.717, 1.165) is 16.7 Å². The predicted molar refractivity (Wildman–Crippen MR) is 134 cm³/mol. The van der Waals surface area contributed by atoms with E-state index in [1.807, 2.05) is 0 Å². The van der Waals surface area contributed by atoms with Crippen molar-refractivity contribution < 1.29 is 37.0 Å². The van der Waals surface area contributed by atoms with Gasteiger partial charge < -0.3 is 19.5 Å². The van der Waals surface area contributed by atoms with Crippen molar-refractivity contribution in [3.8, 4) is 11.5 Å². The third-order valence-electron chi connectivity index (χ3n) is 5.48. The molecule has 1 aromatic heterocycles. The summed E-state index contributed by atoms with van der Waals surface area (Å²) in [5.41, 5.74) is -0.394. The number of halogens is 3. The maximum absolute atomic E-state index is 13.0. The number of para-hydroxylation sites is 1. The lowest BCUT2D eigenvalue weighted by molar-refractivity contribution is -0.141. The number of anilines is 1. The van der Waals surface area contributed by atoms with Crippen molar-refractivity contribution in [1.82, 2.24) is 9.55 Å². The minimum atomic E-state index is -4.44. The molecule has 9 nitrogen and oxygen atoms in total. The normalized spacial score (nSPS) is 11.3. The molecular weight excluding hydrogens is 519 g/mol. The van der Waals surface area contributed by atoms with Crippen LogP contribution in [0.25, 0.3) is 10.9 Å². The topological polar surface area (TPSA) is 109 Å². The number of methoxy groups -OCH3 is 1. The Morgan fingerprint density at radius 2 is 1.74 bits per heavy atom. The van der Waals surface area contributed by atoms with Crippen molar-refractivity contribution in [1.29, 1.82) is 0 Å². The van der Waals surface area contributed by atoms with Crippen LogP contribution in [0.1, 0.15) is 11.1 Å². The average Bonchev–Trinajstić information content (AvgIpc) is 2.91. The lowest BCUT2D eigenvalue weighted by Gasteiger charge is -2.14. The highest BCUT2D eigenvalue weighted by molar-refractivity contribution is 5.96. The van der Waals surface area contributed by atoms with Gasteiger partial charge in [-0.25, -0.2) is 4.98 Å². The molecule has 0 aliphatic rings. The summed E-state index contributed by atoms with van der Waals surface area (Å²) in [5, 5.41) is 2.80. The summed E-state index contributed by atoms with van der Waals surface area (Å²) in [7, 11) is 1.20. The van der Waals surface area contributed by atoms with Gasteiger partial charge in [-0.1, -0.05) is 30.3 Å². The molecule has 0 radical (unpaired) electrons. The highest BCUT2D eigenvalue weighted by atomic mass is 19.4. The van der Waals surface area contributed by atoms with Crippen LogP contribution in [0.5, 0.6) is 11.5 Å². The van der Waals surface area contributed by atoms with E-state index in [2.05, 4.69) is 15.0 Å². The molecule has 0 fully saturated rings. The molecule has 0 aliphatic heterocycles. The summed E-state index contributed by atoms with van der Waals surface area (Å²) in [6.45, 7) is -0.822. The van der Waals surface area contributed by atoms with Crippen LogP contribution in [-0.4, -0.2) is 35.1 Å². The first-order valence-corrected chi connectivity index (χ1v) is 11.5. The second-order valence-electron chi connectivity index (χ2n) is 8.27. The number of carbonyl (C=O) groups is 2. The maximum Gasteiger partial charge on any atom is 0.416 e. The first-order valence-electron chi connectivity index (χ1n) is 11.5. The minimum Gasteiger partial charge on any atom is -0.468 e. The number of aromatic nitrogens is 2. The van der Waals surface area contributed by atoms with Crippen molar-refractivity contribution in [2.45, 2.75) is 19.3 Å². The number of rotatable bonds is 9. The largest absolute Gasteiger partial charge is 0.468 e. The van der Waals surface area contributed by atoms with E-state index >= 15 is 0 Å². The SMILES string of the molecule is COC(=O)Cn1cnc2cc(NC(=O)COCc3ccc(C(F)(F)F)cc3)c(Oc3ccccc3)cc2c1=O. The number of hydrogen-bond acceptors (Lipinski definition) is 7. The molecule has 0 saturated heterocycles. The molecule has 0 bridgehead atoms. The van der Waals surface area contributed by atoms with Gasteiger partial charge in [0.1, 0.15) is 18.9 Å². The molecule has 0 unspecified atom stereocenters. The third-order valence-corrected chi connectivity index (χ3v) is 5.48. The monoisotopic (exact) mass is 541 g/mol. The Balaban J connectivity index is 1.53. The van der Waals surface area contributed by atoms with Gasteiger partial charge in [-0.3, -0.25) is 19.0 Å². The summed E-state index contributed by atoms with van der Waals surface area (Å²) >= 11 is 0. The Labute approximate surface area is 219 Å². The van der Waals surface area contributed by atoms with E-state index in [1.54, 1.807) is 30.3 Å². The molecule has 1 amide bonds. The van der Waals surface area contributed by atoms with Crippen molar-refractivity contribution in [3.63, 3.8) is 0 Å². The summed E-state index contributed by atoms with van der Waals surface area (Å²) in [6, 6.07) is 15.9. The number of fused-ring (bicyclic) bond motifs is 1. The molecule has 12 heteroatoms. The predicted octanol–water partition coefficient (Wildman–Crippen LogP) is 4.54. The van der Waals surface area contributed by atoms with Crippen LogP contribution in [-0.2, 0) is 38.4 Å². The standard InChI is InChI=1S/C27H22F3N3O6/c1-37-25(35)13-33-16-31-21-12-22(23(11-20(21)26(33)36)39-19-5-3-2-4-6-19)32-24(34)15-38-14-17-7-9-18(10-8-17)27(28,29)30/h2-12,16H,13-15H2,1H3,(H,32,34). The number of hydrogen-bond donors (Lipinski definition) is 1. The van der Waals surface area contributed by atoms with Gasteiger partial charge >= 0.3 is 12.1 Å². The zero-order valence-corrected chi connectivity index (χ0v) is 20.5.